The van der Waals surface area contributed by atoms with Crippen LogP contribution in [-0.2, 0) is 10.0 Å². The van der Waals surface area contributed by atoms with E-state index >= 15 is 0 Å². The van der Waals surface area contributed by atoms with E-state index in [0.29, 0.717) is 5.69 Å². The minimum absolute atomic E-state index is 0.0466. The summed E-state index contributed by atoms with van der Waals surface area (Å²) < 4.78 is 27.6. The molecule has 1 aromatic carbocycles. The van der Waals surface area contributed by atoms with Crippen molar-refractivity contribution in [3.05, 3.63) is 23.2 Å². The normalized spacial score (nSPS) is 24.8. The molecular weight excluding hydrogens is 298 g/mol. The van der Waals surface area contributed by atoms with Crippen LogP contribution in [0.4, 0.5) is 5.69 Å². The van der Waals surface area contributed by atoms with E-state index < -0.39 is 10.0 Å². The van der Waals surface area contributed by atoms with Crippen molar-refractivity contribution in [1.82, 2.24) is 9.62 Å². The summed E-state index contributed by atoms with van der Waals surface area (Å²) in [4.78, 5) is 2.24. The van der Waals surface area contributed by atoms with Crippen LogP contribution in [0, 0.1) is 5.92 Å². The molecule has 7 heteroatoms. The summed E-state index contributed by atoms with van der Waals surface area (Å²) in [6.45, 7) is 3.80. The number of anilines is 1. The first-order valence-corrected chi connectivity index (χ1v) is 8.41. The molecule has 2 atom stereocenters. The van der Waals surface area contributed by atoms with Crippen molar-refractivity contribution in [3.63, 3.8) is 0 Å². The Morgan fingerprint density at radius 2 is 2.15 bits per heavy atom. The maximum absolute atomic E-state index is 12.4. The standard InChI is InChI=1S/C13H20ClN3O2S/c1-9-8-17(2)6-5-12(9)16-20(18,19)13-7-10(15)3-4-11(13)14/h3-4,7,9,12,16H,5-6,8,15H2,1-2H3. The van der Waals surface area contributed by atoms with E-state index in [-0.39, 0.29) is 21.9 Å². The lowest BCUT2D eigenvalue weighted by Gasteiger charge is -2.35. The van der Waals surface area contributed by atoms with E-state index in [1.54, 1.807) is 6.07 Å². The molecule has 20 heavy (non-hydrogen) atoms. The number of nitrogens with two attached hydrogens (primary N) is 1. The molecule has 3 N–H and O–H groups in total. The van der Waals surface area contributed by atoms with Crippen LogP contribution >= 0.6 is 11.6 Å². The molecule has 0 bridgehead atoms. The molecule has 0 spiro atoms. The highest BCUT2D eigenvalue weighted by Crippen LogP contribution is 2.25. The summed E-state index contributed by atoms with van der Waals surface area (Å²) in [5, 5.41) is 0.187. The number of hydrogen-bond acceptors (Lipinski definition) is 4. The van der Waals surface area contributed by atoms with Gasteiger partial charge in [-0.2, -0.15) is 0 Å². The number of rotatable bonds is 3. The van der Waals surface area contributed by atoms with Gasteiger partial charge in [-0.15, -0.1) is 0 Å². The van der Waals surface area contributed by atoms with Gasteiger partial charge in [-0.1, -0.05) is 18.5 Å². The summed E-state index contributed by atoms with van der Waals surface area (Å²) >= 11 is 5.98. The lowest BCUT2D eigenvalue weighted by Crippen LogP contribution is -2.48. The van der Waals surface area contributed by atoms with Gasteiger partial charge in [0.2, 0.25) is 10.0 Å². The van der Waals surface area contributed by atoms with Crippen LogP contribution in [0.5, 0.6) is 0 Å². The zero-order valence-corrected chi connectivity index (χ0v) is 13.2. The van der Waals surface area contributed by atoms with Crippen molar-refractivity contribution in [2.45, 2.75) is 24.3 Å². The highest BCUT2D eigenvalue weighted by atomic mass is 35.5. The van der Waals surface area contributed by atoms with Crippen molar-refractivity contribution >= 4 is 27.3 Å². The van der Waals surface area contributed by atoms with Gasteiger partial charge in [0.15, 0.2) is 0 Å². The van der Waals surface area contributed by atoms with Gasteiger partial charge in [0.25, 0.3) is 0 Å². The highest BCUT2D eigenvalue weighted by Gasteiger charge is 2.29. The van der Waals surface area contributed by atoms with Gasteiger partial charge in [-0.3, -0.25) is 0 Å². The summed E-state index contributed by atoms with van der Waals surface area (Å²) in [6, 6.07) is 4.40. The van der Waals surface area contributed by atoms with Gasteiger partial charge in [-0.05, 0) is 44.1 Å². The number of likely N-dealkylation sites (tertiary alicyclic amines) is 1. The number of nitrogens with one attached hydrogen (secondary N) is 1. The topological polar surface area (TPSA) is 75.4 Å². The first-order valence-electron chi connectivity index (χ1n) is 6.55. The zero-order valence-electron chi connectivity index (χ0n) is 11.6. The van der Waals surface area contributed by atoms with Crippen LogP contribution in [0.3, 0.4) is 0 Å². The van der Waals surface area contributed by atoms with Gasteiger partial charge in [0, 0.05) is 18.3 Å². The molecule has 1 aromatic rings. The smallest absolute Gasteiger partial charge is 0.242 e. The van der Waals surface area contributed by atoms with Crippen molar-refractivity contribution in [1.29, 1.82) is 0 Å². The summed E-state index contributed by atoms with van der Waals surface area (Å²) in [6.07, 6.45) is 0.789. The second-order valence-corrected chi connectivity index (χ2v) is 7.54. The minimum Gasteiger partial charge on any atom is -0.399 e. The van der Waals surface area contributed by atoms with Crippen LogP contribution in [-0.4, -0.2) is 39.5 Å². The Bertz CT molecular complexity index is 591. The lowest BCUT2D eigenvalue weighted by molar-refractivity contribution is 0.188. The van der Waals surface area contributed by atoms with Crippen LogP contribution in [0.1, 0.15) is 13.3 Å². The van der Waals surface area contributed by atoms with E-state index in [4.69, 9.17) is 17.3 Å². The molecule has 0 radical (unpaired) electrons. The summed E-state index contributed by atoms with van der Waals surface area (Å²) in [7, 11) is -1.61. The SMILES string of the molecule is CC1CN(C)CCC1NS(=O)(=O)c1cc(N)ccc1Cl. The van der Waals surface area contributed by atoms with Gasteiger partial charge >= 0.3 is 0 Å². The average molecular weight is 318 g/mol. The van der Waals surface area contributed by atoms with Crippen LogP contribution in [0.2, 0.25) is 5.02 Å². The number of sulfonamides is 1. The van der Waals surface area contributed by atoms with E-state index in [2.05, 4.69) is 9.62 Å². The minimum atomic E-state index is -3.64. The molecule has 0 amide bonds. The lowest BCUT2D eigenvalue weighted by atomic mass is 9.95. The Labute approximate surface area is 125 Å². The van der Waals surface area contributed by atoms with Crippen molar-refractivity contribution in [2.75, 3.05) is 25.9 Å². The number of halogens is 1. The van der Waals surface area contributed by atoms with Crippen molar-refractivity contribution in [3.8, 4) is 0 Å². The zero-order chi connectivity index (χ0) is 14.9. The largest absolute Gasteiger partial charge is 0.399 e. The molecule has 112 valence electrons. The summed E-state index contributed by atoms with van der Waals surface area (Å²) in [5.41, 5.74) is 6.03. The molecule has 1 fully saturated rings. The molecule has 0 aliphatic carbocycles. The Balaban J connectivity index is 2.21. The monoisotopic (exact) mass is 317 g/mol. The predicted molar refractivity (Wildman–Crippen MR) is 81.3 cm³/mol. The first-order chi connectivity index (χ1) is 9.29. The van der Waals surface area contributed by atoms with Gasteiger partial charge in [-0.25, -0.2) is 13.1 Å². The van der Waals surface area contributed by atoms with Gasteiger partial charge < -0.3 is 10.6 Å². The average Bonchev–Trinajstić information content (AvgIpc) is 2.35. The molecule has 1 saturated heterocycles. The quantitative estimate of drug-likeness (QED) is 0.829. The third kappa shape index (κ3) is 3.44. The van der Waals surface area contributed by atoms with E-state index in [9.17, 15) is 8.42 Å². The Hall–Kier alpha value is -0.820. The molecule has 2 unspecified atom stereocenters. The van der Waals surface area contributed by atoms with Crippen LogP contribution in [0.15, 0.2) is 23.1 Å². The Kier molecular flexibility index (Phi) is 4.59. The van der Waals surface area contributed by atoms with Crippen LogP contribution < -0.4 is 10.5 Å². The van der Waals surface area contributed by atoms with Crippen molar-refractivity contribution < 1.29 is 8.42 Å². The fraction of sp³-hybridized carbons (Fsp3) is 0.538. The summed E-state index contributed by atoms with van der Waals surface area (Å²) in [5.74, 6) is 0.253. The second-order valence-electron chi connectivity index (χ2n) is 5.45. The number of hydrogen-bond donors (Lipinski definition) is 2. The first kappa shape index (κ1) is 15.6. The molecule has 2 rings (SSSR count). The maximum atomic E-state index is 12.4. The highest BCUT2D eigenvalue weighted by molar-refractivity contribution is 7.89. The molecule has 5 nitrogen and oxygen atoms in total. The molecule has 0 saturated carbocycles. The van der Waals surface area contributed by atoms with E-state index in [1.165, 1.54) is 12.1 Å². The van der Waals surface area contributed by atoms with Gasteiger partial charge in [0.1, 0.15) is 4.90 Å². The predicted octanol–water partition coefficient (Wildman–Crippen LogP) is 1.54. The molecule has 0 aromatic heterocycles. The molecule has 1 aliphatic heterocycles. The number of benzene rings is 1. The fourth-order valence-electron chi connectivity index (χ4n) is 2.52. The molecule has 1 aliphatic rings. The number of nitrogen functional groups attached to an aromatic ring is 1. The third-order valence-electron chi connectivity index (χ3n) is 3.66. The van der Waals surface area contributed by atoms with E-state index in [1.807, 2.05) is 14.0 Å². The fourth-order valence-corrected chi connectivity index (χ4v) is 4.43. The number of nitrogens with zero attached hydrogens (tertiary/aromatic N) is 1. The number of piperidine rings is 1. The second kappa shape index (κ2) is 5.89. The Morgan fingerprint density at radius 3 is 2.80 bits per heavy atom. The Morgan fingerprint density at radius 1 is 1.45 bits per heavy atom. The van der Waals surface area contributed by atoms with Crippen molar-refractivity contribution in [2.24, 2.45) is 5.92 Å². The molecular formula is C13H20ClN3O2S. The maximum Gasteiger partial charge on any atom is 0.242 e. The van der Waals surface area contributed by atoms with E-state index in [0.717, 1.165) is 19.5 Å². The molecule has 1 heterocycles. The third-order valence-corrected chi connectivity index (χ3v) is 5.63. The van der Waals surface area contributed by atoms with Crippen LogP contribution in [0.25, 0.3) is 0 Å². The van der Waals surface area contributed by atoms with Gasteiger partial charge in [0.05, 0.1) is 5.02 Å².